The molecular weight excluding hydrogens is 472 g/mol. The van der Waals surface area contributed by atoms with Crippen LogP contribution in [0.1, 0.15) is 55.4 Å². The van der Waals surface area contributed by atoms with E-state index in [0.717, 1.165) is 69.2 Å². The molecule has 0 saturated heterocycles. The van der Waals surface area contributed by atoms with Crippen molar-refractivity contribution in [2.24, 2.45) is 0 Å². The molecule has 5 nitrogen and oxygen atoms in total. The summed E-state index contributed by atoms with van der Waals surface area (Å²) in [6, 6.07) is 21.8. The van der Waals surface area contributed by atoms with Crippen molar-refractivity contribution in [2.45, 2.75) is 58.4 Å². The zero-order valence-corrected chi connectivity index (χ0v) is 23.8. The highest BCUT2D eigenvalue weighted by molar-refractivity contribution is 5.58. The molecule has 0 aromatic heterocycles. The first-order valence-corrected chi connectivity index (χ1v) is 14.1. The molecule has 4 rings (SSSR count). The van der Waals surface area contributed by atoms with Crippen molar-refractivity contribution < 1.29 is 14.2 Å². The summed E-state index contributed by atoms with van der Waals surface area (Å²) in [6.07, 6.45) is 4.18. The average molecular weight is 517 g/mol. The van der Waals surface area contributed by atoms with Gasteiger partial charge in [-0.15, -0.1) is 0 Å². The van der Waals surface area contributed by atoms with E-state index in [9.17, 15) is 0 Å². The lowest BCUT2D eigenvalue weighted by Crippen LogP contribution is -2.27. The fourth-order valence-corrected chi connectivity index (χ4v) is 5.49. The van der Waals surface area contributed by atoms with Gasteiger partial charge in [-0.3, -0.25) is 0 Å². The summed E-state index contributed by atoms with van der Waals surface area (Å²) in [5.41, 5.74) is 6.69. The number of hydrogen-bond donors (Lipinski definition) is 1. The van der Waals surface area contributed by atoms with Crippen molar-refractivity contribution in [3.05, 3.63) is 82.9 Å². The summed E-state index contributed by atoms with van der Waals surface area (Å²) in [7, 11) is 3.47. The Morgan fingerprint density at radius 2 is 1.55 bits per heavy atom. The molecule has 1 N–H and O–H groups in total. The molecule has 3 aromatic rings. The molecule has 0 radical (unpaired) electrons. The SMILES string of the molecule is CCN(CC)CCOc1ccc(CC(C)Nc2cc(OC)ccc2C2CCc3cc(OC)ccc3C2)cc1. The number of benzene rings is 3. The Morgan fingerprint density at radius 1 is 0.868 bits per heavy atom. The lowest BCUT2D eigenvalue weighted by atomic mass is 9.79. The van der Waals surface area contributed by atoms with Gasteiger partial charge in [0, 0.05) is 24.3 Å². The number of fused-ring (bicyclic) bond motifs is 1. The fourth-order valence-electron chi connectivity index (χ4n) is 5.49. The Balaban J connectivity index is 1.39. The van der Waals surface area contributed by atoms with Crippen LogP contribution in [0.2, 0.25) is 0 Å². The van der Waals surface area contributed by atoms with Gasteiger partial charge >= 0.3 is 0 Å². The molecule has 1 aliphatic rings. The van der Waals surface area contributed by atoms with Crippen LogP contribution < -0.4 is 19.5 Å². The van der Waals surface area contributed by atoms with Crippen LogP contribution in [0.3, 0.4) is 0 Å². The Hall–Kier alpha value is -3.18. The number of likely N-dealkylation sites (N-methyl/N-ethyl adjacent to an activating group) is 1. The molecule has 3 aromatic carbocycles. The number of anilines is 1. The van der Waals surface area contributed by atoms with Crippen molar-refractivity contribution in [1.29, 1.82) is 0 Å². The number of aryl methyl sites for hydroxylation is 1. The smallest absolute Gasteiger partial charge is 0.120 e. The summed E-state index contributed by atoms with van der Waals surface area (Å²) in [6.45, 7) is 10.4. The molecule has 2 unspecified atom stereocenters. The molecule has 204 valence electrons. The van der Waals surface area contributed by atoms with Gasteiger partial charge < -0.3 is 24.4 Å². The zero-order valence-electron chi connectivity index (χ0n) is 23.8. The summed E-state index contributed by atoms with van der Waals surface area (Å²) in [5.74, 6) is 3.24. The van der Waals surface area contributed by atoms with E-state index in [1.54, 1.807) is 14.2 Å². The summed E-state index contributed by atoms with van der Waals surface area (Å²) in [4.78, 5) is 2.37. The fraction of sp³-hybridized carbons (Fsp3) is 0.455. The molecule has 0 heterocycles. The van der Waals surface area contributed by atoms with Gasteiger partial charge in [0.1, 0.15) is 23.9 Å². The van der Waals surface area contributed by atoms with Crippen molar-refractivity contribution >= 4 is 5.69 Å². The summed E-state index contributed by atoms with van der Waals surface area (Å²) >= 11 is 0. The standard InChI is InChI=1S/C33H44N2O3/c1-6-35(7-2)18-19-38-29-13-8-25(9-14-29)20-24(3)34-33-23-31(37-5)16-17-32(33)28-11-10-27-22-30(36-4)15-12-26(27)21-28/h8-9,12-17,22-24,28,34H,6-7,10-11,18-21H2,1-5H3. The number of ether oxygens (including phenoxy) is 3. The Labute approximate surface area is 229 Å². The van der Waals surface area contributed by atoms with Gasteiger partial charge in [-0.1, -0.05) is 38.1 Å². The third kappa shape index (κ3) is 7.22. The number of nitrogens with zero attached hydrogens (tertiary/aromatic N) is 1. The highest BCUT2D eigenvalue weighted by Crippen LogP contribution is 2.38. The van der Waals surface area contributed by atoms with Crippen molar-refractivity contribution in [3.63, 3.8) is 0 Å². The second kappa shape index (κ2) is 13.6. The van der Waals surface area contributed by atoms with Gasteiger partial charge in [0.2, 0.25) is 0 Å². The molecule has 0 aliphatic heterocycles. The van der Waals surface area contributed by atoms with Gasteiger partial charge in [0.15, 0.2) is 0 Å². The van der Waals surface area contributed by atoms with Gasteiger partial charge in [0.05, 0.1) is 14.2 Å². The van der Waals surface area contributed by atoms with Crippen molar-refractivity contribution in [2.75, 3.05) is 45.8 Å². The highest BCUT2D eigenvalue weighted by Gasteiger charge is 2.23. The Kier molecular flexibility index (Phi) is 9.94. The maximum atomic E-state index is 5.96. The maximum absolute atomic E-state index is 5.96. The van der Waals surface area contributed by atoms with Gasteiger partial charge in [0.25, 0.3) is 0 Å². The monoisotopic (exact) mass is 516 g/mol. The second-order valence-electron chi connectivity index (χ2n) is 10.3. The molecular formula is C33H44N2O3. The quantitative estimate of drug-likeness (QED) is 0.273. The van der Waals surface area contributed by atoms with Crippen molar-refractivity contribution in [3.8, 4) is 17.2 Å². The molecule has 1 aliphatic carbocycles. The topological polar surface area (TPSA) is 43.0 Å². The molecule has 2 atom stereocenters. The molecule has 0 amide bonds. The molecule has 0 saturated carbocycles. The summed E-state index contributed by atoms with van der Waals surface area (Å²) < 4.78 is 17.0. The second-order valence-corrected chi connectivity index (χ2v) is 10.3. The van der Waals surface area contributed by atoms with E-state index in [-0.39, 0.29) is 6.04 Å². The molecule has 0 bridgehead atoms. The van der Waals surface area contributed by atoms with E-state index in [0.29, 0.717) is 5.92 Å². The molecule has 0 spiro atoms. The zero-order chi connectivity index (χ0) is 26.9. The number of nitrogens with one attached hydrogen (secondary N) is 1. The minimum absolute atomic E-state index is 0.274. The van der Waals surface area contributed by atoms with Crippen LogP contribution in [0.4, 0.5) is 5.69 Å². The Morgan fingerprint density at radius 3 is 2.26 bits per heavy atom. The largest absolute Gasteiger partial charge is 0.497 e. The Bertz CT molecular complexity index is 1160. The first-order chi connectivity index (χ1) is 18.5. The number of methoxy groups -OCH3 is 2. The minimum Gasteiger partial charge on any atom is -0.497 e. The predicted molar refractivity (Wildman–Crippen MR) is 157 cm³/mol. The lowest BCUT2D eigenvalue weighted by molar-refractivity contribution is 0.223. The third-order valence-electron chi connectivity index (χ3n) is 7.78. The molecule has 0 fully saturated rings. The van der Waals surface area contributed by atoms with Crippen LogP contribution in [0.5, 0.6) is 17.2 Å². The summed E-state index contributed by atoms with van der Waals surface area (Å²) in [5, 5.41) is 3.81. The molecule has 38 heavy (non-hydrogen) atoms. The minimum atomic E-state index is 0.274. The van der Waals surface area contributed by atoms with Crippen LogP contribution in [0.25, 0.3) is 0 Å². The first-order valence-electron chi connectivity index (χ1n) is 14.1. The van der Waals surface area contributed by atoms with Gasteiger partial charge in [-0.05, 0) is 104 Å². The van der Waals surface area contributed by atoms with E-state index in [2.05, 4.69) is 91.7 Å². The first kappa shape index (κ1) is 27.8. The average Bonchev–Trinajstić information content (AvgIpc) is 2.95. The van der Waals surface area contributed by atoms with Crippen LogP contribution in [-0.2, 0) is 19.3 Å². The number of rotatable bonds is 13. The molecule has 5 heteroatoms. The highest BCUT2D eigenvalue weighted by atomic mass is 16.5. The van der Waals surface area contributed by atoms with Crippen molar-refractivity contribution in [1.82, 2.24) is 4.90 Å². The number of hydrogen-bond acceptors (Lipinski definition) is 5. The van der Waals surface area contributed by atoms with Gasteiger partial charge in [-0.2, -0.15) is 0 Å². The van der Waals surface area contributed by atoms with E-state index < -0.39 is 0 Å². The van der Waals surface area contributed by atoms with Crippen LogP contribution in [-0.4, -0.2) is 51.4 Å². The van der Waals surface area contributed by atoms with Crippen LogP contribution in [0, 0.1) is 0 Å². The van der Waals surface area contributed by atoms with E-state index in [4.69, 9.17) is 14.2 Å². The van der Waals surface area contributed by atoms with E-state index in [1.165, 1.54) is 27.9 Å². The van der Waals surface area contributed by atoms with Crippen LogP contribution >= 0.6 is 0 Å². The van der Waals surface area contributed by atoms with E-state index >= 15 is 0 Å². The predicted octanol–water partition coefficient (Wildman–Crippen LogP) is 6.74. The maximum Gasteiger partial charge on any atom is 0.120 e. The third-order valence-corrected chi connectivity index (χ3v) is 7.78. The van der Waals surface area contributed by atoms with E-state index in [1.807, 2.05) is 0 Å². The lowest BCUT2D eigenvalue weighted by Gasteiger charge is -2.28. The van der Waals surface area contributed by atoms with Crippen LogP contribution in [0.15, 0.2) is 60.7 Å². The van der Waals surface area contributed by atoms with Gasteiger partial charge in [-0.25, -0.2) is 0 Å². The normalized spacial score (nSPS) is 15.6.